The molecule has 0 N–H and O–H groups in total. The van der Waals surface area contributed by atoms with E-state index in [-0.39, 0.29) is 42.6 Å². The van der Waals surface area contributed by atoms with E-state index in [0.29, 0.717) is 0 Å². The maximum absolute atomic E-state index is 2.29. The summed E-state index contributed by atoms with van der Waals surface area (Å²) in [5.74, 6) is 0. The van der Waals surface area contributed by atoms with Crippen LogP contribution >= 0.6 is 0 Å². The van der Waals surface area contributed by atoms with Gasteiger partial charge < -0.3 is 37.2 Å². The van der Waals surface area contributed by atoms with Crippen LogP contribution < -0.4 is 37.2 Å². The summed E-state index contributed by atoms with van der Waals surface area (Å²) in [4.78, 5) is 0. The number of halogens is 3. The molecule has 0 atom stereocenters. The van der Waals surface area contributed by atoms with Gasteiger partial charge >= 0.3 is 162 Å². The monoisotopic (exact) mass is 460 g/mol. The fourth-order valence-corrected chi connectivity index (χ4v) is 4.58. The molecule has 3 aromatic rings. The SMILES string of the molecule is [Cl-].[Cl-].[Cl-].[Ti+3][C]1=C(C(c2ccccc2)(c2ccccc2)c2ccccc2)CC=C1. The molecule has 0 nitrogen and oxygen atoms in total. The van der Waals surface area contributed by atoms with Crippen molar-refractivity contribution >= 4 is 0 Å². The van der Waals surface area contributed by atoms with Crippen LogP contribution in [0.3, 0.4) is 0 Å². The molecular formula is C24H19Cl3Ti. The fraction of sp³-hybridized carbons (Fsp3) is 0.0833. The van der Waals surface area contributed by atoms with Gasteiger partial charge in [0.25, 0.3) is 0 Å². The molecule has 1 aliphatic rings. The van der Waals surface area contributed by atoms with Crippen LogP contribution in [0.25, 0.3) is 0 Å². The quantitative estimate of drug-likeness (QED) is 0.284. The predicted molar refractivity (Wildman–Crippen MR) is 100.0 cm³/mol. The summed E-state index contributed by atoms with van der Waals surface area (Å²) < 4.78 is 1.37. The molecule has 0 aromatic heterocycles. The Kier molecular flexibility index (Phi) is 9.77. The van der Waals surface area contributed by atoms with Crippen molar-refractivity contribution in [3.63, 3.8) is 0 Å². The molecule has 4 rings (SSSR count). The normalized spacial score (nSPS) is 12.6. The van der Waals surface area contributed by atoms with Gasteiger partial charge in [-0.2, -0.15) is 0 Å². The Labute approximate surface area is 197 Å². The Bertz CT molecular complexity index is 823. The third-order valence-electron chi connectivity index (χ3n) is 5.00. The summed E-state index contributed by atoms with van der Waals surface area (Å²) in [6.07, 6.45) is 5.54. The van der Waals surface area contributed by atoms with Gasteiger partial charge in [0.05, 0.1) is 0 Å². The van der Waals surface area contributed by atoms with Crippen molar-refractivity contribution in [2.75, 3.05) is 0 Å². The van der Waals surface area contributed by atoms with E-state index in [2.05, 4.69) is 124 Å². The minimum atomic E-state index is -0.253. The van der Waals surface area contributed by atoms with Crippen LogP contribution in [0.4, 0.5) is 0 Å². The van der Waals surface area contributed by atoms with E-state index in [1.807, 2.05) is 0 Å². The van der Waals surface area contributed by atoms with Crippen LogP contribution in [0.2, 0.25) is 0 Å². The summed E-state index contributed by atoms with van der Waals surface area (Å²) >= 11 is 2.24. The van der Waals surface area contributed by atoms with Gasteiger partial charge in [-0.15, -0.1) is 0 Å². The van der Waals surface area contributed by atoms with E-state index in [1.165, 1.54) is 26.1 Å². The number of benzene rings is 3. The molecule has 0 aliphatic heterocycles. The number of hydrogen-bond acceptors (Lipinski definition) is 0. The van der Waals surface area contributed by atoms with Crippen molar-refractivity contribution in [1.29, 1.82) is 0 Å². The van der Waals surface area contributed by atoms with E-state index >= 15 is 0 Å². The zero-order valence-electron chi connectivity index (χ0n) is 15.2. The molecule has 0 heterocycles. The second-order valence-electron chi connectivity index (χ2n) is 6.35. The Balaban J connectivity index is 0.00000131. The summed E-state index contributed by atoms with van der Waals surface area (Å²) in [7, 11) is 0. The molecule has 0 unspecified atom stereocenters. The molecule has 1 aliphatic carbocycles. The van der Waals surface area contributed by atoms with Gasteiger partial charge in [0.2, 0.25) is 0 Å². The third-order valence-corrected chi connectivity index (χ3v) is 5.74. The van der Waals surface area contributed by atoms with E-state index in [1.54, 1.807) is 0 Å². The van der Waals surface area contributed by atoms with Crippen molar-refractivity contribution in [2.45, 2.75) is 11.8 Å². The van der Waals surface area contributed by atoms with E-state index in [9.17, 15) is 0 Å². The zero-order valence-corrected chi connectivity index (χ0v) is 19.0. The molecule has 0 radical (unpaired) electrons. The molecule has 0 saturated carbocycles. The van der Waals surface area contributed by atoms with Crippen LogP contribution in [-0.4, -0.2) is 0 Å². The van der Waals surface area contributed by atoms with Gasteiger partial charge in [-0.05, 0) is 0 Å². The van der Waals surface area contributed by atoms with Gasteiger partial charge in [0.15, 0.2) is 0 Å². The van der Waals surface area contributed by atoms with Crippen LogP contribution in [0.5, 0.6) is 0 Å². The first kappa shape index (κ1) is 24.8. The van der Waals surface area contributed by atoms with Gasteiger partial charge in [-0.1, -0.05) is 0 Å². The number of hydrogen-bond donors (Lipinski definition) is 0. The summed E-state index contributed by atoms with van der Waals surface area (Å²) in [6, 6.07) is 32.7. The van der Waals surface area contributed by atoms with Crippen molar-refractivity contribution in [3.8, 4) is 0 Å². The first-order valence-corrected chi connectivity index (χ1v) is 9.40. The predicted octanol–water partition coefficient (Wildman–Crippen LogP) is -3.21. The average Bonchev–Trinajstić information content (AvgIpc) is 3.12. The molecule has 28 heavy (non-hydrogen) atoms. The van der Waals surface area contributed by atoms with E-state index in [0.717, 1.165) is 6.42 Å². The topological polar surface area (TPSA) is 0 Å². The molecule has 4 heteroatoms. The first-order valence-electron chi connectivity index (χ1n) is 8.62. The Morgan fingerprint density at radius 2 is 0.929 bits per heavy atom. The second kappa shape index (κ2) is 11.0. The van der Waals surface area contributed by atoms with Gasteiger partial charge in [-0.25, -0.2) is 0 Å². The van der Waals surface area contributed by atoms with Crippen molar-refractivity contribution in [2.24, 2.45) is 0 Å². The Morgan fingerprint density at radius 3 is 1.21 bits per heavy atom. The number of rotatable bonds is 4. The molecule has 0 amide bonds. The molecule has 0 fully saturated rings. The second-order valence-corrected chi connectivity index (χ2v) is 7.19. The molecule has 0 bridgehead atoms. The molecule has 140 valence electrons. The zero-order chi connectivity index (χ0) is 17.1. The number of allylic oxidation sites excluding steroid dienone is 4. The maximum atomic E-state index is 2.29. The average molecular weight is 462 g/mol. The van der Waals surface area contributed by atoms with Gasteiger partial charge in [0.1, 0.15) is 0 Å². The van der Waals surface area contributed by atoms with Crippen LogP contribution in [-0.2, 0) is 25.9 Å². The fourth-order valence-electron chi connectivity index (χ4n) is 3.95. The van der Waals surface area contributed by atoms with Crippen molar-refractivity contribution in [1.82, 2.24) is 0 Å². The van der Waals surface area contributed by atoms with Crippen molar-refractivity contribution < 1.29 is 57.7 Å². The van der Waals surface area contributed by atoms with E-state index < -0.39 is 0 Å². The standard InChI is InChI=1S/C24H19.3ClH.Ti/c1-4-12-20(13-5-1)24(23-18-10-11-19-23,21-14-6-2-7-15-21)22-16-8-3-9-17-22;;;;/h1-17H,18H2;3*1H;/q;;;;+3/p-3. The summed E-state index contributed by atoms with van der Waals surface area (Å²) in [6.45, 7) is 0. The summed E-state index contributed by atoms with van der Waals surface area (Å²) in [5.41, 5.74) is 5.19. The molecule has 3 aromatic carbocycles. The molecular weight excluding hydrogens is 442 g/mol. The Hall–Kier alpha value is -1.28. The minimum absolute atomic E-state index is 0. The van der Waals surface area contributed by atoms with Gasteiger partial charge in [-0.3, -0.25) is 0 Å². The van der Waals surface area contributed by atoms with Crippen LogP contribution in [0.15, 0.2) is 113 Å². The van der Waals surface area contributed by atoms with Crippen molar-refractivity contribution in [3.05, 3.63) is 129 Å². The van der Waals surface area contributed by atoms with Gasteiger partial charge in [0, 0.05) is 0 Å². The van der Waals surface area contributed by atoms with Crippen LogP contribution in [0.1, 0.15) is 23.1 Å². The van der Waals surface area contributed by atoms with E-state index in [4.69, 9.17) is 0 Å². The third kappa shape index (κ3) is 4.32. The molecule has 0 saturated heterocycles. The van der Waals surface area contributed by atoms with Crippen LogP contribution in [0, 0.1) is 0 Å². The molecule has 0 spiro atoms. The first-order chi connectivity index (χ1) is 12.3. The Morgan fingerprint density at radius 1 is 0.571 bits per heavy atom. The summed E-state index contributed by atoms with van der Waals surface area (Å²) in [5, 5.41) is 0.